The number of amides is 3. The number of hydrogen-bond donors (Lipinski definition) is 2. The van der Waals surface area contributed by atoms with Gasteiger partial charge in [0.1, 0.15) is 0 Å². The van der Waals surface area contributed by atoms with Gasteiger partial charge in [0.15, 0.2) is 0 Å². The molecule has 1 aromatic heterocycles. The largest absolute Gasteiger partial charge is 0.352 e. The molecule has 2 N–H and O–H groups in total. The second kappa shape index (κ2) is 9.25. The highest BCUT2D eigenvalue weighted by atomic mass is 16.2. The number of rotatable bonds is 6. The molecule has 1 aromatic rings. The second-order valence-corrected chi connectivity index (χ2v) is 6.88. The van der Waals surface area contributed by atoms with Gasteiger partial charge in [-0.05, 0) is 36.3 Å². The molecule has 0 unspecified atom stereocenters. The molecule has 1 fully saturated rings. The molecule has 0 bridgehead atoms. The number of carbonyl (C=O) groups excluding carboxylic acids is 2. The number of carbonyl (C=O) groups is 2. The summed E-state index contributed by atoms with van der Waals surface area (Å²) in [6.07, 6.45) is 5.88. The summed E-state index contributed by atoms with van der Waals surface area (Å²) >= 11 is 0. The van der Waals surface area contributed by atoms with Crippen LogP contribution in [0.5, 0.6) is 0 Å². The zero-order chi connectivity index (χ0) is 17.4. The third kappa shape index (κ3) is 6.18. The van der Waals surface area contributed by atoms with Crippen molar-refractivity contribution in [1.29, 1.82) is 0 Å². The Morgan fingerprint density at radius 1 is 1.38 bits per heavy atom. The lowest BCUT2D eigenvalue weighted by molar-refractivity contribution is -0.122. The van der Waals surface area contributed by atoms with Crippen LogP contribution in [0.1, 0.15) is 38.7 Å². The summed E-state index contributed by atoms with van der Waals surface area (Å²) in [7, 11) is 0. The average Bonchev–Trinajstić information content (AvgIpc) is 2.59. The van der Waals surface area contributed by atoms with Crippen LogP contribution in [-0.4, -0.2) is 41.5 Å². The molecule has 2 heterocycles. The van der Waals surface area contributed by atoms with Crippen LogP contribution in [0.4, 0.5) is 4.79 Å². The molecule has 6 heteroatoms. The number of aromatic nitrogens is 1. The van der Waals surface area contributed by atoms with Crippen LogP contribution < -0.4 is 10.6 Å². The summed E-state index contributed by atoms with van der Waals surface area (Å²) in [5.74, 6) is 0.707. The van der Waals surface area contributed by atoms with Crippen molar-refractivity contribution in [3.63, 3.8) is 0 Å². The first-order valence-corrected chi connectivity index (χ1v) is 8.73. The first kappa shape index (κ1) is 18.2. The Morgan fingerprint density at radius 3 is 2.92 bits per heavy atom. The van der Waals surface area contributed by atoms with Gasteiger partial charge >= 0.3 is 6.03 Å². The average molecular weight is 332 g/mol. The van der Waals surface area contributed by atoms with Gasteiger partial charge in [0.25, 0.3) is 0 Å². The van der Waals surface area contributed by atoms with E-state index in [4.69, 9.17) is 0 Å². The predicted octanol–water partition coefficient (Wildman–Crippen LogP) is 2.17. The maximum atomic E-state index is 12.2. The number of hydrogen-bond acceptors (Lipinski definition) is 3. The van der Waals surface area contributed by atoms with Crippen molar-refractivity contribution in [2.24, 2.45) is 11.8 Å². The minimum absolute atomic E-state index is 0.0100. The highest BCUT2D eigenvalue weighted by Crippen LogP contribution is 2.19. The number of likely N-dealkylation sites (tertiary alicyclic amines) is 1. The third-order valence-corrected chi connectivity index (χ3v) is 4.15. The van der Waals surface area contributed by atoms with Crippen molar-refractivity contribution >= 4 is 11.9 Å². The first-order chi connectivity index (χ1) is 11.5. The maximum Gasteiger partial charge on any atom is 0.317 e. The van der Waals surface area contributed by atoms with Gasteiger partial charge in [-0.3, -0.25) is 9.78 Å². The Bertz CT molecular complexity index is 533. The molecule has 0 aliphatic carbocycles. The first-order valence-electron chi connectivity index (χ1n) is 8.73. The molecule has 0 radical (unpaired) electrons. The van der Waals surface area contributed by atoms with Crippen molar-refractivity contribution in [2.75, 3.05) is 19.6 Å². The van der Waals surface area contributed by atoms with Gasteiger partial charge < -0.3 is 15.5 Å². The van der Waals surface area contributed by atoms with E-state index in [9.17, 15) is 9.59 Å². The van der Waals surface area contributed by atoms with Crippen molar-refractivity contribution in [1.82, 2.24) is 20.5 Å². The number of pyridine rings is 1. The van der Waals surface area contributed by atoms with Crippen LogP contribution in [0.25, 0.3) is 0 Å². The molecule has 1 aliphatic heterocycles. The van der Waals surface area contributed by atoms with Crippen molar-refractivity contribution in [3.8, 4) is 0 Å². The van der Waals surface area contributed by atoms with Gasteiger partial charge in [-0.1, -0.05) is 19.9 Å². The zero-order valence-corrected chi connectivity index (χ0v) is 14.6. The monoisotopic (exact) mass is 332 g/mol. The molecule has 1 aliphatic rings. The van der Waals surface area contributed by atoms with Gasteiger partial charge in [-0.25, -0.2) is 4.79 Å². The van der Waals surface area contributed by atoms with E-state index >= 15 is 0 Å². The molecule has 6 nitrogen and oxygen atoms in total. The molecule has 0 spiro atoms. The molecule has 0 saturated carbocycles. The smallest absolute Gasteiger partial charge is 0.317 e. The van der Waals surface area contributed by atoms with E-state index in [0.717, 1.165) is 24.9 Å². The Labute approximate surface area is 144 Å². The zero-order valence-electron chi connectivity index (χ0n) is 14.6. The molecule has 2 rings (SSSR count). The van der Waals surface area contributed by atoms with Gasteiger partial charge in [-0.15, -0.1) is 0 Å². The Balaban J connectivity index is 1.73. The normalized spacial score (nSPS) is 17.6. The lowest BCUT2D eigenvalue weighted by Gasteiger charge is -2.32. The molecule has 0 aromatic carbocycles. The second-order valence-electron chi connectivity index (χ2n) is 6.88. The fraction of sp³-hybridized carbons (Fsp3) is 0.611. The fourth-order valence-corrected chi connectivity index (χ4v) is 2.86. The van der Waals surface area contributed by atoms with E-state index in [1.54, 1.807) is 12.4 Å². The Kier molecular flexibility index (Phi) is 7.03. The SMILES string of the molecule is CC(C)CNC(=O)N1CCC[C@@H](CC(=O)NCc2cccnc2)C1. The summed E-state index contributed by atoms with van der Waals surface area (Å²) in [5, 5.41) is 5.88. The summed E-state index contributed by atoms with van der Waals surface area (Å²) in [6.45, 7) is 6.77. The number of urea groups is 1. The van der Waals surface area contributed by atoms with Crippen LogP contribution in [0.15, 0.2) is 24.5 Å². The van der Waals surface area contributed by atoms with Gasteiger partial charge in [0.05, 0.1) is 0 Å². The lowest BCUT2D eigenvalue weighted by atomic mass is 9.94. The van der Waals surface area contributed by atoms with Crippen molar-refractivity contribution < 1.29 is 9.59 Å². The van der Waals surface area contributed by atoms with Crippen LogP contribution in [-0.2, 0) is 11.3 Å². The minimum Gasteiger partial charge on any atom is -0.352 e. The van der Waals surface area contributed by atoms with Gasteiger partial charge in [0, 0.05) is 45.0 Å². The van der Waals surface area contributed by atoms with Crippen molar-refractivity contribution in [3.05, 3.63) is 30.1 Å². The van der Waals surface area contributed by atoms with Gasteiger partial charge in [-0.2, -0.15) is 0 Å². The molecular formula is C18H28N4O2. The minimum atomic E-state index is -0.0100. The van der Waals surface area contributed by atoms with Crippen LogP contribution in [0, 0.1) is 11.8 Å². The maximum absolute atomic E-state index is 12.2. The summed E-state index contributed by atoms with van der Waals surface area (Å²) in [6, 6.07) is 3.79. The van der Waals surface area contributed by atoms with E-state index in [2.05, 4.69) is 29.5 Å². The van der Waals surface area contributed by atoms with Crippen LogP contribution in [0.3, 0.4) is 0 Å². The molecule has 1 atom stereocenters. The Morgan fingerprint density at radius 2 is 2.21 bits per heavy atom. The van der Waals surface area contributed by atoms with Crippen molar-refractivity contribution in [2.45, 2.75) is 39.7 Å². The molecule has 132 valence electrons. The van der Waals surface area contributed by atoms with Gasteiger partial charge in [0.2, 0.25) is 5.91 Å². The van der Waals surface area contributed by atoms with E-state index in [1.165, 1.54) is 0 Å². The highest BCUT2D eigenvalue weighted by molar-refractivity contribution is 5.77. The molecular weight excluding hydrogens is 304 g/mol. The summed E-state index contributed by atoms with van der Waals surface area (Å²) < 4.78 is 0. The molecule has 3 amide bonds. The Hall–Kier alpha value is -2.11. The lowest BCUT2D eigenvalue weighted by Crippen LogP contribution is -2.47. The number of nitrogens with zero attached hydrogens (tertiary/aromatic N) is 2. The van der Waals surface area contributed by atoms with Crippen LogP contribution in [0.2, 0.25) is 0 Å². The third-order valence-electron chi connectivity index (χ3n) is 4.15. The quantitative estimate of drug-likeness (QED) is 0.838. The van der Waals surface area contributed by atoms with Crippen LogP contribution >= 0.6 is 0 Å². The van der Waals surface area contributed by atoms with E-state index in [1.807, 2.05) is 17.0 Å². The molecule has 24 heavy (non-hydrogen) atoms. The van der Waals surface area contributed by atoms with E-state index in [0.29, 0.717) is 32.0 Å². The van der Waals surface area contributed by atoms with E-state index < -0.39 is 0 Å². The predicted molar refractivity (Wildman–Crippen MR) is 93.2 cm³/mol. The molecule has 1 saturated heterocycles. The number of nitrogens with one attached hydrogen (secondary N) is 2. The number of piperidine rings is 1. The standard InChI is InChI=1S/C18H28N4O2/c1-14(2)10-21-18(24)22-8-4-6-15(13-22)9-17(23)20-12-16-5-3-7-19-11-16/h3,5,7,11,14-15H,4,6,8-10,12-13H2,1-2H3,(H,20,23)(H,21,24)/t15-/m0/s1. The van der Waals surface area contributed by atoms with E-state index in [-0.39, 0.29) is 17.9 Å². The summed E-state index contributed by atoms with van der Waals surface area (Å²) in [5.41, 5.74) is 0.990. The topological polar surface area (TPSA) is 74.3 Å². The highest BCUT2D eigenvalue weighted by Gasteiger charge is 2.25. The summed E-state index contributed by atoms with van der Waals surface area (Å²) in [4.78, 5) is 30.2. The fourth-order valence-electron chi connectivity index (χ4n) is 2.86.